The monoisotopic (exact) mass is 404 g/mol. The fourth-order valence-electron chi connectivity index (χ4n) is 2.17. The van der Waals surface area contributed by atoms with Crippen LogP contribution in [0.2, 0.25) is 0 Å². The molecule has 0 radical (unpaired) electrons. The highest BCUT2D eigenvalue weighted by Crippen LogP contribution is 2.34. The second-order valence-corrected chi connectivity index (χ2v) is 6.45. The fourth-order valence-corrected chi connectivity index (χ4v) is 3.68. The lowest BCUT2D eigenvalue weighted by Gasteiger charge is -2.23. The fraction of sp³-hybridized carbons (Fsp3) is 0.500. The van der Waals surface area contributed by atoms with Gasteiger partial charge in [-0.05, 0) is 62.9 Å². The van der Waals surface area contributed by atoms with E-state index in [1.54, 1.807) is 0 Å². The maximum atomic E-state index is 11.1. The van der Waals surface area contributed by atoms with Crippen LogP contribution >= 0.6 is 31.9 Å². The van der Waals surface area contributed by atoms with Gasteiger partial charge in [-0.1, -0.05) is 0 Å². The van der Waals surface area contributed by atoms with Crippen LogP contribution in [0.5, 0.6) is 5.75 Å². The SMILES string of the molecule is CCOc1c(Br)cc(CNC2CCC(=O)NC2)cc1Br. The summed E-state index contributed by atoms with van der Waals surface area (Å²) in [6.07, 6.45) is 1.50. The average Bonchev–Trinajstić information content (AvgIpc) is 2.42. The Hall–Kier alpha value is -0.590. The quantitative estimate of drug-likeness (QED) is 0.791. The first-order chi connectivity index (χ1) is 9.60. The second kappa shape index (κ2) is 7.43. The van der Waals surface area contributed by atoms with Crippen molar-refractivity contribution in [2.45, 2.75) is 32.4 Å². The average molecular weight is 406 g/mol. The molecule has 20 heavy (non-hydrogen) atoms. The Kier molecular flexibility index (Phi) is 5.86. The van der Waals surface area contributed by atoms with E-state index < -0.39 is 0 Å². The van der Waals surface area contributed by atoms with Gasteiger partial charge in [0.2, 0.25) is 5.91 Å². The summed E-state index contributed by atoms with van der Waals surface area (Å²) in [6, 6.07) is 4.46. The summed E-state index contributed by atoms with van der Waals surface area (Å²) in [7, 11) is 0. The van der Waals surface area contributed by atoms with Crippen molar-refractivity contribution in [3.05, 3.63) is 26.6 Å². The standard InChI is InChI=1S/C14H18Br2N2O2/c1-2-20-14-11(15)5-9(6-12(14)16)7-17-10-3-4-13(19)18-8-10/h5-6,10,17H,2-4,7-8H2,1H3,(H,18,19). The van der Waals surface area contributed by atoms with Crippen molar-refractivity contribution in [2.24, 2.45) is 0 Å². The van der Waals surface area contributed by atoms with E-state index in [0.29, 0.717) is 25.6 Å². The van der Waals surface area contributed by atoms with E-state index in [2.05, 4.69) is 54.6 Å². The Morgan fingerprint density at radius 3 is 2.65 bits per heavy atom. The third-order valence-corrected chi connectivity index (χ3v) is 4.39. The molecule has 6 heteroatoms. The van der Waals surface area contributed by atoms with Crippen molar-refractivity contribution in [3.8, 4) is 5.75 Å². The number of hydrogen-bond donors (Lipinski definition) is 2. The number of ether oxygens (including phenoxy) is 1. The van der Waals surface area contributed by atoms with Gasteiger partial charge in [-0.25, -0.2) is 0 Å². The summed E-state index contributed by atoms with van der Waals surface area (Å²) in [4.78, 5) is 11.1. The molecule has 1 atom stereocenters. The van der Waals surface area contributed by atoms with Crippen molar-refractivity contribution in [3.63, 3.8) is 0 Å². The number of piperidine rings is 1. The molecule has 1 amide bonds. The number of rotatable bonds is 5. The molecule has 0 saturated carbocycles. The van der Waals surface area contributed by atoms with Gasteiger partial charge in [-0.2, -0.15) is 0 Å². The normalized spacial score (nSPS) is 18.8. The van der Waals surface area contributed by atoms with E-state index in [4.69, 9.17) is 4.74 Å². The predicted molar refractivity (Wildman–Crippen MR) is 85.9 cm³/mol. The minimum Gasteiger partial charge on any atom is -0.492 e. The van der Waals surface area contributed by atoms with Gasteiger partial charge >= 0.3 is 0 Å². The molecule has 1 aliphatic heterocycles. The first-order valence-corrected chi connectivity index (χ1v) is 8.29. The first kappa shape index (κ1) is 15.8. The van der Waals surface area contributed by atoms with Crippen molar-refractivity contribution >= 4 is 37.8 Å². The Morgan fingerprint density at radius 1 is 1.40 bits per heavy atom. The number of amides is 1. The lowest BCUT2D eigenvalue weighted by Crippen LogP contribution is -2.45. The Bertz CT molecular complexity index is 461. The molecular formula is C14H18Br2N2O2. The number of halogens is 2. The number of carbonyl (C=O) groups is 1. The lowest BCUT2D eigenvalue weighted by molar-refractivity contribution is -0.122. The summed E-state index contributed by atoms with van der Waals surface area (Å²) in [5.41, 5.74) is 1.17. The van der Waals surface area contributed by atoms with E-state index in [1.807, 2.05) is 6.92 Å². The van der Waals surface area contributed by atoms with Gasteiger partial charge in [0.1, 0.15) is 5.75 Å². The van der Waals surface area contributed by atoms with Crippen molar-refractivity contribution in [1.29, 1.82) is 0 Å². The predicted octanol–water partition coefficient (Wildman–Crippen LogP) is 2.98. The molecule has 0 spiro atoms. The molecule has 4 nitrogen and oxygen atoms in total. The van der Waals surface area contributed by atoms with Crippen LogP contribution in [0.1, 0.15) is 25.3 Å². The smallest absolute Gasteiger partial charge is 0.220 e. The number of benzene rings is 1. The molecule has 1 unspecified atom stereocenters. The van der Waals surface area contributed by atoms with E-state index in [9.17, 15) is 4.79 Å². The van der Waals surface area contributed by atoms with Crippen LogP contribution in [0.25, 0.3) is 0 Å². The van der Waals surface area contributed by atoms with Crippen LogP contribution in [-0.2, 0) is 11.3 Å². The Morgan fingerprint density at radius 2 is 2.10 bits per heavy atom. The minimum atomic E-state index is 0.148. The summed E-state index contributed by atoms with van der Waals surface area (Å²) in [6.45, 7) is 4.07. The third kappa shape index (κ3) is 4.20. The molecule has 0 aromatic heterocycles. The molecule has 0 bridgehead atoms. The van der Waals surface area contributed by atoms with Crippen molar-refractivity contribution < 1.29 is 9.53 Å². The topological polar surface area (TPSA) is 50.4 Å². The maximum Gasteiger partial charge on any atom is 0.220 e. The minimum absolute atomic E-state index is 0.148. The summed E-state index contributed by atoms with van der Waals surface area (Å²) < 4.78 is 7.46. The van der Waals surface area contributed by atoms with Gasteiger partial charge in [-0.15, -0.1) is 0 Å². The van der Waals surface area contributed by atoms with Crippen LogP contribution in [0, 0.1) is 0 Å². The van der Waals surface area contributed by atoms with E-state index >= 15 is 0 Å². The molecule has 0 aliphatic carbocycles. The first-order valence-electron chi connectivity index (χ1n) is 6.71. The van der Waals surface area contributed by atoms with E-state index in [1.165, 1.54) is 5.56 Å². The number of nitrogens with one attached hydrogen (secondary N) is 2. The van der Waals surface area contributed by atoms with Gasteiger partial charge in [0.05, 0.1) is 15.6 Å². The molecule has 1 aliphatic rings. The Labute approximate surface area is 135 Å². The van der Waals surface area contributed by atoms with Gasteiger partial charge in [0.25, 0.3) is 0 Å². The van der Waals surface area contributed by atoms with Crippen LogP contribution in [0.15, 0.2) is 21.1 Å². The van der Waals surface area contributed by atoms with Gasteiger partial charge in [0, 0.05) is 25.6 Å². The summed E-state index contributed by atoms with van der Waals surface area (Å²) >= 11 is 7.07. The summed E-state index contributed by atoms with van der Waals surface area (Å²) in [5, 5.41) is 6.34. The lowest BCUT2D eigenvalue weighted by atomic mass is 10.1. The number of hydrogen-bond acceptors (Lipinski definition) is 3. The zero-order valence-corrected chi connectivity index (χ0v) is 14.5. The van der Waals surface area contributed by atoms with Gasteiger partial charge in [0.15, 0.2) is 0 Å². The molecule has 110 valence electrons. The molecule has 2 rings (SSSR count). The molecule has 1 saturated heterocycles. The van der Waals surface area contributed by atoms with Crippen LogP contribution < -0.4 is 15.4 Å². The molecule has 1 heterocycles. The highest BCUT2D eigenvalue weighted by molar-refractivity contribution is 9.11. The van der Waals surface area contributed by atoms with Crippen LogP contribution in [0.4, 0.5) is 0 Å². The largest absolute Gasteiger partial charge is 0.492 e. The van der Waals surface area contributed by atoms with Gasteiger partial charge < -0.3 is 15.4 Å². The maximum absolute atomic E-state index is 11.1. The zero-order chi connectivity index (χ0) is 14.5. The van der Waals surface area contributed by atoms with Crippen LogP contribution in [0.3, 0.4) is 0 Å². The molecule has 1 aromatic carbocycles. The Balaban J connectivity index is 1.94. The van der Waals surface area contributed by atoms with E-state index in [-0.39, 0.29) is 5.91 Å². The van der Waals surface area contributed by atoms with Gasteiger partial charge in [-0.3, -0.25) is 4.79 Å². The molecular weight excluding hydrogens is 388 g/mol. The van der Waals surface area contributed by atoms with Crippen molar-refractivity contribution in [2.75, 3.05) is 13.2 Å². The van der Waals surface area contributed by atoms with Crippen molar-refractivity contribution in [1.82, 2.24) is 10.6 Å². The molecule has 1 fully saturated rings. The molecule has 1 aromatic rings. The highest BCUT2D eigenvalue weighted by atomic mass is 79.9. The zero-order valence-electron chi connectivity index (χ0n) is 11.3. The summed E-state index contributed by atoms with van der Waals surface area (Å²) in [5.74, 6) is 0.982. The highest BCUT2D eigenvalue weighted by Gasteiger charge is 2.17. The number of carbonyl (C=O) groups excluding carboxylic acids is 1. The second-order valence-electron chi connectivity index (χ2n) is 4.74. The molecule has 2 N–H and O–H groups in total. The van der Waals surface area contributed by atoms with Crippen LogP contribution in [-0.4, -0.2) is 25.1 Å². The van der Waals surface area contributed by atoms with E-state index in [0.717, 1.165) is 27.7 Å². The third-order valence-electron chi connectivity index (χ3n) is 3.21.